The lowest BCUT2D eigenvalue weighted by atomic mass is 10.2. The summed E-state index contributed by atoms with van der Waals surface area (Å²) in [5, 5.41) is 0. The molecule has 0 bridgehead atoms. The maximum atomic E-state index is 5.45. The Bertz CT molecular complexity index is 261. The smallest absolute Gasteiger partial charge is 0.143 e. The van der Waals surface area contributed by atoms with Crippen LogP contribution in [0.5, 0.6) is 5.75 Å². The Morgan fingerprint density at radius 1 is 1.12 bits per heavy atom. The average Bonchev–Trinajstić information content (AvgIpc) is 2.38. The molecular weight excluding hydrogens is 230 g/mol. The third-order valence-corrected chi connectivity index (χ3v) is 2.70. The van der Waals surface area contributed by atoms with E-state index in [9.17, 15) is 0 Å². The molecule has 1 aromatic rings. The van der Waals surface area contributed by atoms with Crippen LogP contribution < -0.4 is 8.91 Å². The fourth-order valence-electron chi connectivity index (χ4n) is 1.16. The molecule has 1 aromatic carbocycles. The maximum absolute atomic E-state index is 5.45. The fourth-order valence-corrected chi connectivity index (χ4v) is 1.65. The highest BCUT2D eigenvalue weighted by atomic mass is 32.2. The van der Waals surface area contributed by atoms with Gasteiger partial charge >= 0.3 is 0 Å². The third-order valence-electron chi connectivity index (χ3n) is 2.10. The van der Waals surface area contributed by atoms with Crippen LogP contribution in [-0.2, 0) is 0 Å². The Kier molecular flexibility index (Phi) is 11.3. The van der Waals surface area contributed by atoms with Gasteiger partial charge in [0.05, 0.1) is 0 Å². The molecule has 0 saturated heterocycles. The van der Waals surface area contributed by atoms with Crippen molar-refractivity contribution >= 4 is 12.2 Å². The van der Waals surface area contributed by atoms with E-state index in [1.807, 2.05) is 38.1 Å². The van der Waals surface area contributed by atoms with Crippen molar-refractivity contribution in [2.24, 2.45) is 0 Å². The number of unbranched alkanes of at least 4 members (excludes halogenated alkanes) is 2. The van der Waals surface area contributed by atoms with Crippen molar-refractivity contribution in [1.29, 1.82) is 0 Å². The second-order valence-corrected chi connectivity index (χ2v) is 4.20. The molecule has 3 heteroatoms. The lowest BCUT2D eigenvalue weighted by Crippen LogP contribution is -2.07. The maximum Gasteiger partial charge on any atom is 0.143 e. The minimum Gasteiger partial charge on any atom is -0.410 e. The number of hydrogen-bond acceptors (Lipinski definition) is 3. The third kappa shape index (κ3) is 9.07. The van der Waals surface area contributed by atoms with Gasteiger partial charge in [0.15, 0.2) is 0 Å². The summed E-state index contributed by atoms with van der Waals surface area (Å²) in [6.45, 7) is 9.28. The first kappa shape index (κ1) is 16.3. The fraction of sp³-hybridized carbons (Fsp3) is 0.571. The van der Waals surface area contributed by atoms with Crippen LogP contribution in [0.1, 0.15) is 45.6 Å². The molecule has 0 aromatic heterocycles. The Balaban J connectivity index is 0.00000121. The van der Waals surface area contributed by atoms with Gasteiger partial charge in [-0.3, -0.25) is 0 Å². The van der Waals surface area contributed by atoms with E-state index in [0.717, 1.165) is 12.3 Å². The number of nitrogens with one attached hydrogen (secondary N) is 1. The van der Waals surface area contributed by atoms with Gasteiger partial charge in [-0.05, 0) is 25.5 Å². The molecule has 98 valence electrons. The van der Waals surface area contributed by atoms with Crippen LogP contribution >= 0.6 is 12.2 Å². The quantitative estimate of drug-likeness (QED) is 0.432. The highest BCUT2D eigenvalue weighted by molar-refractivity contribution is 7.93. The van der Waals surface area contributed by atoms with Gasteiger partial charge in [0.25, 0.3) is 0 Å². The van der Waals surface area contributed by atoms with E-state index in [1.54, 1.807) is 0 Å². The van der Waals surface area contributed by atoms with Crippen molar-refractivity contribution in [3.63, 3.8) is 0 Å². The van der Waals surface area contributed by atoms with Gasteiger partial charge in [0, 0.05) is 6.54 Å². The van der Waals surface area contributed by atoms with Crippen LogP contribution in [0, 0.1) is 6.92 Å². The molecule has 0 spiro atoms. The molecule has 0 saturated carbocycles. The van der Waals surface area contributed by atoms with E-state index in [2.05, 4.69) is 18.6 Å². The first-order chi connectivity index (χ1) is 8.33. The van der Waals surface area contributed by atoms with Gasteiger partial charge in [0.2, 0.25) is 0 Å². The van der Waals surface area contributed by atoms with E-state index in [-0.39, 0.29) is 0 Å². The summed E-state index contributed by atoms with van der Waals surface area (Å²) in [7, 11) is 0. The summed E-state index contributed by atoms with van der Waals surface area (Å²) < 4.78 is 8.62. The van der Waals surface area contributed by atoms with Crippen LogP contribution in [0.2, 0.25) is 0 Å². The lowest BCUT2D eigenvalue weighted by Gasteiger charge is -2.04. The van der Waals surface area contributed by atoms with E-state index < -0.39 is 0 Å². The molecular formula is C14H25NOS. The molecule has 0 aliphatic rings. The zero-order chi connectivity index (χ0) is 12.9. The van der Waals surface area contributed by atoms with E-state index in [4.69, 9.17) is 4.18 Å². The van der Waals surface area contributed by atoms with E-state index >= 15 is 0 Å². The molecule has 0 aliphatic carbocycles. The van der Waals surface area contributed by atoms with Crippen LogP contribution in [0.25, 0.3) is 0 Å². The number of aryl methyl sites for hydroxylation is 1. The SMILES string of the molecule is CC.CCCCCNSOc1ccc(C)cc1. The minimum atomic E-state index is 0.897. The largest absolute Gasteiger partial charge is 0.410 e. The van der Waals surface area contributed by atoms with Crippen molar-refractivity contribution in [2.75, 3.05) is 6.54 Å². The molecule has 0 fully saturated rings. The molecule has 0 heterocycles. The summed E-state index contributed by atoms with van der Waals surface area (Å²) in [5.41, 5.74) is 1.25. The highest BCUT2D eigenvalue weighted by Gasteiger charge is 1.93. The van der Waals surface area contributed by atoms with Gasteiger partial charge in [-0.15, -0.1) is 0 Å². The van der Waals surface area contributed by atoms with Gasteiger partial charge in [-0.1, -0.05) is 51.3 Å². The van der Waals surface area contributed by atoms with Crippen molar-refractivity contribution < 1.29 is 4.18 Å². The number of hydrogen-bond donors (Lipinski definition) is 1. The molecule has 0 amide bonds. The van der Waals surface area contributed by atoms with Crippen LogP contribution in [0.3, 0.4) is 0 Å². The summed E-state index contributed by atoms with van der Waals surface area (Å²) in [5.74, 6) is 0.897. The van der Waals surface area contributed by atoms with E-state index in [1.165, 1.54) is 37.1 Å². The first-order valence-corrected chi connectivity index (χ1v) is 7.20. The molecule has 2 nitrogen and oxygen atoms in total. The summed E-state index contributed by atoms with van der Waals surface area (Å²) in [4.78, 5) is 0. The average molecular weight is 255 g/mol. The Morgan fingerprint density at radius 2 is 1.76 bits per heavy atom. The second kappa shape index (κ2) is 11.8. The van der Waals surface area contributed by atoms with Crippen molar-refractivity contribution in [3.05, 3.63) is 29.8 Å². The Hall–Kier alpha value is -0.670. The zero-order valence-electron chi connectivity index (χ0n) is 11.5. The predicted molar refractivity (Wildman–Crippen MR) is 78.3 cm³/mol. The normalized spacial score (nSPS) is 9.41. The first-order valence-electron chi connectivity index (χ1n) is 6.46. The minimum absolute atomic E-state index is 0.897. The molecule has 1 N–H and O–H groups in total. The molecule has 17 heavy (non-hydrogen) atoms. The predicted octanol–water partition coefficient (Wildman–Crippen LogP) is 4.74. The van der Waals surface area contributed by atoms with Gasteiger partial charge in [0.1, 0.15) is 18.0 Å². The van der Waals surface area contributed by atoms with Crippen molar-refractivity contribution in [1.82, 2.24) is 4.72 Å². The van der Waals surface area contributed by atoms with Crippen molar-refractivity contribution in [2.45, 2.75) is 47.0 Å². The lowest BCUT2D eigenvalue weighted by molar-refractivity contribution is 0.626. The van der Waals surface area contributed by atoms with Crippen LogP contribution in [-0.4, -0.2) is 6.54 Å². The number of rotatable bonds is 7. The molecule has 0 aliphatic heterocycles. The molecule has 1 rings (SSSR count). The number of benzene rings is 1. The van der Waals surface area contributed by atoms with E-state index in [0.29, 0.717) is 0 Å². The van der Waals surface area contributed by atoms with Crippen LogP contribution in [0.15, 0.2) is 24.3 Å². The monoisotopic (exact) mass is 255 g/mol. The summed E-state index contributed by atoms with van der Waals surface area (Å²) in [6, 6.07) is 8.06. The topological polar surface area (TPSA) is 21.3 Å². The highest BCUT2D eigenvalue weighted by Crippen LogP contribution is 2.15. The Labute approximate surface area is 110 Å². The summed E-state index contributed by atoms with van der Waals surface area (Å²) >= 11 is 1.31. The van der Waals surface area contributed by atoms with Gasteiger partial charge < -0.3 is 4.18 Å². The van der Waals surface area contributed by atoms with Crippen LogP contribution in [0.4, 0.5) is 0 Å². The van der Waals surface area contributed by atoms with Gasteiger partial charge in [-0.25, -0.2) is 4.72 Å². The summed E-state index contributed by atoms with van der Waals surface area (Å²) in [6.07, 6.45) is 3.74. The molecule has 0 radical (unpaired) electrons. The zero-order valence-corrected chi connectivity index (χ0v) is 12.3. The molecule has 0 unspecified atom stereocenters. The van der Waals surface area contributed by atoms with Crippen molar-refractivity contribution in [3.8, 4) is 5.75 Å². The standard InChI is InChI=1S/C12H19NOS.C2H6/c1-3-4-5-10-13-15-14-12-8-6-11(2)7-9-12;1-2/h6-9,13H,3-5,10H2,1-2H3;1-2H3. The van der Waals surface area contributed by atoms with Gasteiger partial charge in [-0.2, -0.15) is 0 Å². The Morgan fingerprint density at radius 3 is 2.35 bits per heavy atom. The molecule has 0 atom stereocenters. The second-order valence-electron chi connectivity index (χ2n) is 3.58.